The summed E-state index contributed by atoms with van der Waals surface area (Å²) >= 11 is 0. The van der Waals surface area contributed by atoms with Crippen LogP contribution in [-0.2, 0) is 0 Å². The van der Waals surface area contributed by atoms with Crippen molar-refractivity contribution < 1.29 is 13.9 Å². The maximum absolute atomic E-state index is 12.8. The Labute approximate surface area is 188 Å². The molecule has 5 heteroatoms. The molecule has 0 fully saturated rings. The third-order valence-corrected chi connectivity index (χ3v) is 5.53. The minimum atomic E-state index is -0.195. The average Bonchev–Trinajstić information content (AvgIpc) is 3.26. The van der Waals surface area contributed by atoms with Crippen LogP contribution in [0, 0.1) is 0 Å². The number of carbonyl (C=O) groups excluding carboxylic acids is 1. The van der Waals surface area contributed by atoms with E-state index < -0.39 is 0 Å². The van der Waals surface area contributed by atoms with E-state index >= 15 is 0 Å². The van der Waals surface area contributed by atoms with Crippen LogP contribution in [0.4, 0.5) is 5.69 Å². The fourth-order valence-electron chi connectivity index (χ4n) is 3.49. The topological polar surface area (TPSA) is 64.4 Å². The Hall–Kier alpha value is -3.60. The van der Waals surface area contributed by atoms with E-state index in [1.54, 1.807) is 12.1 Å². The molecule has 3 aromatic carbocycles. The number of hydrogen-bond donors (Lipinski definition) is 1. The highest BCUT2D eigenvalue weighted by Crippen LogP contribution is 2.29. The zero-order valence-corrected chi connectivity index (χ0v) is 18.7. The summed E-state index contributed by atoms with van der Waals surface area (Å²) < 4.78 is 11.6. The smallest absolute Gasteiger partial charge is 0.255 e. The van der Waals surface area contributed by atoms with E-state index in [0.29, 0.717) is 35.4 Å². The van der Waals surface area contributed by atoms with E-state index in [1.165, 1.54) is 5.56 Å². The average molecular weight is 429 g/mol. The van der Waals surface area contributed by atoms with Gasteiger partial charge in [0.15, 0.2) is 5.58 Å². The number of hydrogen-bond acceptors (Lipinski definition) is 4. The number of aromatic nitrogens is 1. The Balaban J connectivity index is 1.54. The SMILES string of the molecule is CCCOc1cccc(C(=O)Nc2cccc(-c3nc4cc([C@@H](C)CC)ccc4o3)c2)c1. The van der Waals surface area contributed by atoms with E-state index in [2.05, 4.69) is 36.3 Å². The molecule has 1 aromatic heterocycles. The summed E-state index contributed by atoms with van der Waals surface area (Å²) in [6.45, 7) is 7.05. The molecule has 1 heterocycles. The van der Waals surface area contributed by atoms with Crippen LogP contribution in [0.15, 0.2) is 71.1 Å². The Morgan fingerprint density at radius 3 is 2.72 bits per heavy atom. The molecule has 4 rings (SSSR count). The molecular formula is C27H28N2O3. The molecule has 1 atom stereocenters. The Bertz CT molecular complexity index is 1230. The zero-order valence-electron chi connectivity index (χ0n) is 18.7. The molecule has 0 saturated carbocycles. The number of fused-ring (bicyclic) bond motifs is 1. The fraction of sp³-hybridized carbons (Fsp3) is 0.259. The Morgan fingerprint density at radius 1 is 1.06 bits per heavy atom. The first-order valence-electron chi connectivity index (χ1n) is 11.1. The van der Waals surface area contributed by atoms with Crippen molar-refractivity contribution in [3.05, 3.63) is 77.9 Å². The summed E-state index contributed by atoms with van der Waals surface area (Å²) in [5.41, 5.74) is 4.88. The van der Waals surface area contributed by atoms with Crippen LogP contribution in [0.25, 0.3) is 22.6 Å². The van der Waals surface area contributed by atoms with Crippen LogP contribution in [0.1, 0.15) is 55.5 Å². The van der Waals surface area contributed by atoms with Gasteiger partial charge in [0.05, 0.1) is 6.61 Å². The van der Waals surface area contributed by atoms with Gasteiger partial charge in [0.2, 0.25) is 5.89 Å². The summed E-state index contributed by atoms with van der Waals surface area (Å²) in [5, 5.41) is 2.95. The lowest BCUT2D eigenvalue weighted by molar-refractivity contribution is 0.102. The van der Waals surface area contributed by atoms with Gasteiger partial charge in [0.25, 0.3) is 5.91 Å². The van der Waals surface area contributed by atoms with Crippen molar-refractivity contribution in [1.29, 1.82) is 0 Å². The van der Waals surface area contributed by atoms with Gasteiger partial charge >= 0.3 is 0 Å². The second-order valence-electron chi connectivity index (χ2n) is 7.97. The predicted octanol–water partition coefficient (Wildman–Crippen LogP) is 7.05. The molecule has 0 radical (unpaired) electrons. The molecule has 32 heavy (non-hydrogen) atoms. The zero-order chi connectivity index (χ0) is 22.5. The van der Waals surface area contributed by atoms with Gasteiger partial charge in [-0.1, -0.05) is 39.0 Å². The second-order valence-corrected chi connectivity index (χ2v) is 7.97. The molecular weight excluding hydrogens is 400 g/mol. The van der Waals surface area contributed by atoms with Crippen molar-refractivity contribution >= 4 is 22.7 Å². The van der Waals surface area contributed by atoms with E-state index in [1.807, 2.05) is 49.4 Å². The number of nitrogens with zero attached hydrogens (tertiary/aromatic N) is 1. The lowest BCUT2D eigenvalue weighted by atomic mass is 9.98. The number of rotatable bonds is 8. The highest BCUT2D eigenvalue weighted by molar-refractivity contribution is 6.04. The van der Waals surface area contributed by atoms with Crippen molar-refractivity contribution in [1.82, 2.24) is 4.98 Å². The third-order valence-electron chi connectivity index (χ3n) is 5.53. The van der Waals surface area contributed by atoms with Gasteiger partial charge in [-0.05, 0) is 72.9 Å². The monoisotopic (exact) mass is 428 g/mol. The molecule has 164 valence electrons. The summed E-state index contributed by atoms with van der Waals surface area (Å²) in [4.78, 5) is 17.4. The number of benzene rings is 3. The van der Waals surface area contributed by atoms with Gasteiger partial charge in [0, 0.05) is 16.8 Å². The number of ether oxygens (including phenoxy) is 1. The van der Waals surface area contributed by atoms with Crippen LogP contribution >= 0.6 is 0 Å². The van der Waals surface area contributed by atoms with Crippen LogP contribution in [0.3, 0.4) is 0 Å². The Kier molecular flexibility index (Phi) is 6.55. The maximum Gasteiger partial charge on any atom is 0.255 e. The number of nitrogens with one attached hydrogen (secondary N) is 1. The predicted molar refractivity (Wildman–Crippen MR) is 128 cm³/mol. The minimum absolute atomic E-state index is 0.195. The van der Waals surface area contributed by atoms with Crippen LogP contribution in [-0.4, -0.2) is 17.5 Å². The van der Waals surface area contributed by atoms with Gasteiger partial charge in [-0.3, -0.25) is 4.79 Å². The minimum Gasteiger partial charge on any atom is -0.494 e. The fourth-order valence-corrected chi connectivity index (χ4v) is 3.49. The summed E-state index contributed by atoms with van der Waals surface area (Å²) in [6, 6.07) is 20.9. The largest absolute Gasteiger partial charge is 0.494 e. The van der Waals surface area contributed by atoms with Gasteiger partial charge in [-0.2, -0.15) is 0 Å². The molecule has 5 nitrogen and oxygen atoms in total. The van der Waals surface area contributed by atoms with Crippen molar-refractivity contribution in [2.45, 2.75) is 39.5 Å². The lowest BCUT2D eigenvalue weighted by Crippen LogP contribution is -2.12. The molecule has 0 aliphatic rings. The van der Waals surface area contributed by atoms with Crippen LogP contribution in [0.5, 0.6) is 5.75 Å². The summed E-state index contributed by atoms with van der Waals surface area (Å²) in [7, 11) is 0. The molecule has 0 aliphatic carbocycles. The lowest BCUT2D eigenvalue weighted by Gasteiger charge is -2.09. The van der Waals surface area contributed by atoms with Gasteiger partial charge < -0.3 is 14.5 Å². The maximum atomic E-state index is 12.8. The van der Waals surface area contributed by atoms with Crippen LogP contribution in [0.2, 0.25) is 0 Å². The number of oxazole rings is 1. The third kappa shape index (κ3) is 4.83. The number of amides is 1. The van der Waals surface area contributed by atoms with E-state index in [0.717, 1.165) is 29.5 Å². The molecule has 0 spiro atoms. The quantitative estimate of drug-likeness (QED) is 0.327. The molecule has 4 aromatic rings. The number of carbonyl (C=O) groups is 1. The van der Waals surface area contributed by atoms with Crippen molar-refractivity contribution in [3.63, 3.8) is 0 Å². The molecule has 0 aliphatic heterocycles. The standard InChI is InChI=1S/C27H28N2O3/c1-4-14-31-23-11-7-8-20(16-23)26(30)28-22-10-6-9-21(15-22)27-29-24-17-19(18(3)5-2)12-13-25(24)32-27/h6-13,15-18H,4-5,14H2,1-3H3,(H,28,30)/t18-/m0/s1. The Morgan fingerprint density at radius 2 is 1.91 bits per heavy atom. The summed E-state index contributed by atoms with van der Waals surface area (Å²) in [5.74, 6) is 1.51. The van der Waals surface area contributed by atoms with E-state index in [-0.39, 0.29) is 5.91 Å². The first-order chi connectivity index (χ1) is 15.6. The van der Waals surface area contributed by atoms with Crippen molar-refractivity contribution in [3.8, 4) is 17.2 Å². The second kappa shape index (κ2) is 9.69. The molecule has 1 N–H and O–H groups in total. The van der Waals surface area contributed by atoms with Crippen LogP contribution < -0.4 is 10.1 Å². The first-order valence-corrected chi connectivity index (χ1v) is 11.1. The highest BCUT2D eigenvalue weighted by atomic mass is 16.5. The van der Waals surface area contributed by atoms with E-state index in [9.17, 15) is 4.79 Å². The molecule has 0 unspecified atom stereocenters. The normalized spacial score (nSPS) is 12.0. The van der Waals surface area contributed by atoms with Crippen molar-refractivity contribution in [2.24, 2.45) is 0 Å². The van der Waals surface area contributed by atoms with Gasteiger partial charge in [0.1, 0.15) is 11.3 Å². The molecule has 0 bridgehead atoms. The van der Waals surface area contributed by atoms with E-state index in [4.69, 9.17) is 9.15 Å². The van der Waals surface area contributed by atoms with Gasteiger partial charge in [-0.15, -0.1) is 0 Å². The first kappa shape index (κ1) is 21.6. The van der Waals surface area contributed by atoms with Gasteiger partial charge in [-0.25, -0.2) is 4.98 Å². The summed E-state index contributed by atoms with van der Waals surface area (Å²) in [6.07, 6.45) is 1.99. The number of anilines is 1. The molecule has 1 amide bonds. The molecule has 0 saturated heterocycles. The highest BCUT2D eigenvalue weighted by Gasteiger charge is 2.13. The van der Waals surface area contributed by atoms with Crippen molar-refractivity contribution in [2.75, 3.05) is 11.9 Å².